The maximum atomic E-state index is 11.7. The lowest BCUT2D eigenvalue weighted by Gasteiger charge is -2.03. The molecule has 0 atom stereocenters. The summed E-state index contributed by atoms with van der Waals surface area (Å²) in [5, 5.41) is 2.67. The number of ether oxygens (including phenoxy) is 1. The number of esters is 1. The maximum Gasteiger partial charge on any atom is 0.307 e. The fourth-order valence-corrected chi connectivity index (χ4v) is 1.43. The number of aromatic nitrogens is 1. The average molecular weight is 224 g/mol. The fourth-order valence-electron chi connectivity index (χ4n) is 1.43. The molecule has 1 heterocycles. The molecule has 0 bridgehead atoms. The molecule has 1 N–H and O–H groups in total. The Kier molecular flexibility index (Phi) is 4.10. The van der Waals surface area contributed by atoms with E-state index in [4.69, 9.17) is 0 Å². The van der Waals surface area contributed by atoms with Crippen LogP contribution in [0.4, 0.5) is 0 Å². The third kappa shape index (κ3) is 3.12. The fraction of sp³-hybridized carbons (Fsp3) is 0.455. The summed E-state index contributed by atoms with van der Waals surface area (Å²) in [6.45, 7) is 2.16. The number of nitrogens with one attached hydrogen (secondary N) is 1. The normalized spacial score (nSPS) is 9.94. The second kappa shape index (κ2) is 5.34. The van der Waals surface area contributed by atoms with Gasteiger partial charge in [-0.25, -0.2) is 0 Å². The number of carbonyl (C=O) groups excluding carboxylic acids is 2. The lowest BCUT2D eigenvalue weighted by atomic mass is 10.2. The third-order valence-electron chi connectivity index (χ3n) is 2.24. The van der Waals surface area contributed by atoms with Crippen LogP contribution in [0, 0.1) is 6.92 Å². The van der Waals surface area contributed by atoms with E-state index in [9.17, 15) is 9.59 Å². The van der Waals surface area contributed by atoms with Crippen LogP contribution < -0.4 is 5.32 Å². The molecule has 0 aliphatic rings. The van der Waals surface area contributed by atoms with E-state index in [1.165, 1.54) is 7.11 Å². The Hall–Kier alpha value is -1.78. The predicted molar refractivity (Wildman–Crippen MR) is 59.1 cm³/mol. The van der Waals surface area contributed by atoms with E-state index in [-0.39, 0.29) is 18.3 Å². The smallest absolute Gasteiger partial charge is 0.307 e. The van der Waals surface area contributed by atoms with Gasteiger partial charge in [-0.2, -0.15) is 0 Å². The van der Waals surface area contributed by atoms with Crippen LogP contribution >= 0.6 is 0 Å². The summed E-state index contributed by atoms with van der Waals surface area (Å²) in [5.41, 5.74) is 1.55. The van der Waals surface area contributed by atoms with Crippen LogP contribution in [0.25, 0.3) is 0 Å². The Morgan fingerprint density at radius 3 is 2.62 bits per heavy atom. The highest BCUT2D eigenvalue weighted by Gasteiger charge is 2.10. The quantitative estimate of drug-likeness (QED) is 0.763. The van der Waals surface area contributed by atoms with Gasteiger partial charge in [-0.1, -0.05) is 0 Å². The number of methoxy groups -OCH3 is 1. The van der Waals surface area contributed by atoms with Gasteiger partial charge in [0.05, 0.1) is 19.1 Å². The molecular weight excluding hydrogens is 208 g/mol. The highest BCUT2D eigenvalue weighted by atomic mass is 16.5. The minimum absolute atomic E-state index is 0.165. The number of hydrogen-bond acceptors (Lipinski definition) is 3. The Bertz CT molecular complexity index is 396. The molecule has 88 valence electrons. The summed E-state index contributed by atoms with van der Waals surface area (Å²) in [4.78, 5) is 22.5. The highest BCUT2D eigenvalue weighted by molar-refractivity contribution is 5.95. The monoisotopic (exact) mass is 224 g/mol. The van der Waals surface area contributed by atoms with Crippen LogP contribution in [0.15, 0.2) is 12.4 Å². The van der Waals surface area contributed by atoms with Crippen LogP contribution in [0.5, 0.6) is 0 Å². The van der Waals surface area contributed by atoms with Gasteiger partial charge in [0.1, 0.15) is 0 Å². The SMILES string of the molecule is COC(=O)CCNC(=O)c1cn(C)cc1C. The molecule has 0 saturated heterocycles. The van der Waals surface area contributed by atoms with Crippen molar-refractivity contribution in [3.8, 4) is 0 Å². The summed E-state index contributed by atoms with van der Waals surface area (Å²) in [5.74, 6) is -0.493. The summed E-state index contributed by atoms with van der Waals surface area (Å²) in [6, 6.07) is 0. The number of aryl methyl sites for hydroxylation is 2. The number of rotatable bonds is 4. The van der Waals surface area contributed by atoms with Crippen molar-refractivity contribution < 1.29 is 14.3 Å². The molecule has 5 heteroatoms. The molecule has 0 unspecified atom stereocenters. The van der Waals surface area contributed by atoms with Gasteiger partial charge >= 0.3 is 5.97 Å². The van der Waals surface area contributed by atoms with Crippen molar-refractivity contribution in [2.45, 2.75) is 13.3 Å². The zero-order valence-electron chi connectivity index (χ0n) is 9.74. The lowest BCUT2D eigenvalue weighted by Crippen LogP contribution is -2.26. The van der Waals surface area contributed by atoms with E-state index in [2.05, 4.69) is 10.1 Å². The van der Waals surface area contributed by atoms with Crippen molar-refractivity contribution in [2.24, 2.45) is 7.05 Å². The number of hydrogen-bond donors (Lipinski definition) is 1. The van der Waals surface area contributed by atoms with E-state index in [1.807, 2.05) is 24.7 Å². The Morgan fingerprint density at radius 1 is 1.44 bits per heavy atom. The largest absolute Gasteiger partial charge is 0.469 e. The highest BCUT2D eigenvalue weighted by Crippen LogP contribution is 2.07. The first-order chi connectivity index (χ1) is 7.54. The lowest BCUT2D eigenvalue weighted by molar-refractivity contribution is -0.140. The molecule has 5 nitrogen and oxygen atoms in total. The van der Waals surface area contributed by atoms with Crippen molar-refractivity contribution in [3.63, 3.8) is 0 Å². The molecule has 16 heavy (non-hydrogen) atoms. The molecule has 0 aliphatic carbocycles. The minimum atomic E-state index is -0.329. The standard InChI is InChI=1S/C11H16N2O3/c1-8-6-13(2)7-9(8)11(15)12-5-4-10(14)16-3/h6-7H,4-5H2,1-3H3,(H,12,15). The predicted octanol–water partition coefficient (Wildman–Crippen LogP) is 0.626. The van der Waals surface area contributed by atoms with Gasteiger partial charge in [-0.05, 0) is 12.5 Å². The summed E-state index contributed by atoms with van der Waals surface area (Å²) < 4.78 is 6.30. The second-order valence-corrected chi connectivity index (χ2v) is 3.60. The summed E-state index contributed by atoms with van der Waals surface area (Å²) in [6.07, 6.45) is 3.81. The zero-order valence-corrected chi connectivity index (χ0v) is 9.74. The maximum absolute atomic E-state index is 11.7. The van der Waals surface area contributed by atoms with Gasteiger partial charge in [0, 0.05) is 26.0 Å². The van der Waals surface area contributed by atoms with E-state index in [0.717, 1.165) is 5.56 Å². The van der Waals surface area contributed by atoms with Crippen LogP contribution in [0.3, 0.4) is 0 Å². The van der Waals surface area contributed by atoms with Crippen molar-refractivity contribution in [1.82, 2.24) is 9.88 Å². The molecule has 0 radical (unpaired) electrons. The molecule has 0 aromatic carbocycles. The van der Waals surface area contributed by atoms with Crippen molar-refractivity contribution >= 4 is 11.9 Å². The summed E-state index contributed by atoms with van der Waals surface area (Å²) in [7, 11) is 3.18. The van der Waals surface area contributed by atoms with Crippen LogP contribution in [0.2, 0.25) is 0 Å². The molecule has 0 saturated carbocycles. The van der Waals surface area contributed by atoms with E-state index < -0.39 is 0 Å². The van der Waals surface area contributed by atoms with Gasteiger partial charge in [0.15, 0.2) is 0 Å². The van der Waals surface area contributed by atoms with E-state index in [1.54, 1.807) is 6.20 Å². The van der Waals surface area contributed by atoms with Crippen LogP contribution in [0.1, 0.15) is 22.3 Å². The topological polar surface area (TPSA) is 60.3 Å². The molecule has 1 aromatic rings. The first-order valence-electron chi connectivity index (χ1n) is 5.02. The van der Waals surface area contributed by atoms with Gasteiger partial charge in [-0.15, -0.1) is 0 Å². The molecule has 0 spiro atoms. The molecule has 0 aliphatic heterocycles. The molecule has 1 aromatic heterocycles. The number of carbonyl (C=O) groups is 2. The van der Waals surface area contributed by atoms with Gasteiger partial charge in [-0.3, -0.25) is 9.59 Å². The average Bonchev–Trinajstić information content (AvgIpc) is 2.57. The Balaban J connectivity index is 2.47. The van der Waals surface area contributed by atoms with Gasteiger partial charge in [0.25, 0.3) is 5.91 Å². The minimum Gasteiger partial charge on any atom is -0.469 e. The third-order valence-corrected chi connectivity index (χ3v) is 2.24. The van der Waals surface area contributed by atoms with Gasteiger partial charge in [0.2, 0.25) is 0 Å². The number of amides is 1. The molecule has 0 fully saturated rings. The van der Waals surface area contributed by atoms with Crippen LogP contribution in [-0.4, -0.2) is 30.1 Å². The molecule has 1 rings (SSSR count). The zero-order chi connectivity index (χ0) is 12.1. The molecular formula is C11H16N2O3. The summed E-state index contributed by atoms with van der Waals surface area (Å²) >= 11 is 0. The second-order valence-electron chi connectivity index (χ2n) is 3.60. The Labute approximate surface area is 94.4 Å². The van der Waals surface area contributed by atoms with Gasteiger partial charge < -0.3 is 14.6 Å². The first kappa shape index (κ1) is 12.3. The van der Waals surface area contributed by atoms with Crippen LogP contribution in [-0.2, 0) is 16.6 Å². The molecule has 1 amide bonds. The van der Waals surface area contributed by atoms with Crippen molar-refractivity contribution in [1.29, 1.82) is 0 Å². The first-order valence-corrected chi connectivity index (χ1v) is 5.02. The number of nitrogens with zero attached hydrogens (tertiary/aromatic N) is 1. The van der Waals surface area contributed by atoms with Crippen molar-refractivity contribution in [3.05, 3.63) is 23.5 Å². The van der Waals surface area contributed by atoms with E-state index in [0.29, 0.717) is 12.1 Å². The van der Waals surface area contributed by atoms with Crippen molar-refractivity contribution in [2.75, 3.05) is 13.7 Å². The van der Waals surface area contributed by atoms with E-state index >= 15 is 0 Å². The Morgan fingerprint density at radius 2 is 2.12 bits per heavy atom.